The molecule has 7 nitrogen and oxygen atoms in total. The highest BCUT2D eigenvalue weighted by molar-refractivity contribution is 5.96. The molecule has 0 amide bonds. The van der Waals surface area contributed by atoms with Crippen LogP contribution >= 0.6 is 0 Å². The summed E-state index contributed by atoms with van der Waals surface area (Å²) in [6.07, 6.45) is 0. The molecular weight excluding hydrogens is 164 g/mol. The van der Waals surface area contributed by atoms with Crippen molar-refractivity contribution in [2.24, 2.45) is 5.73 Å². The van der Waals surface area contributed by atoms with E-state index in [0.717, 1.165) is 0 Å². The second-order valence-electron chi connectivity index (χ2n) is 2.05. The number of nitrogens with two attached hydrogens (primary N) is 1. The van der Waals surface area contributed by atoms with Crippen LogP contribution in [0.4, 0.5) is 0 Å². The molecule has 64 valence electrons. The Morgan fingerprint density at radius 1 is 1.42 bits per heavy atom. The average Bonchev–Trinajstić information content (AvgIpc) is 1.82. The molecule has 0 saturated carbocycles. The molecule has 0 aliphatic rings. The third-order valence-electron chi connectivity index (χ3n) is 1.19. The lowest BCUT2D eigenvalue weighted by Crippen LogP contribution is -2.30. The molecule has 1 heterocycles. The van der Waals surface area contributed by atoms with Crippen molar-refractivity contribution >= 4 is 5.84 Å². The van der Waals surface area contributed by atoms with Crippen molar-refractivity contribution in [1.29, 1.82) is 5.41 Å². The van der Waals surface area contributed by atoms with Crippen LogP contribution in [0.5, 0.6) is 5.88 Å². The van der Waals surface area contributed by atoms with E-state index >= 15 is 0 Å². The van der Waals surface area contributed by atoms with Gasteiger partial charge in [0.15, 0.2) is 0 Å². The van der Waals surface area contributed by atoms with Gasteiger partial charge >= 0.3 is 5.69 Å². The Balaban J connectivity index is 3.60. The van der Waals surface area contributed by atoms with Crippen molar-refractivity contribution in [2.45, 2.75) is 0 Å². The predicted octanol–water partition coefficient (Wildman–Crippen LogP) is -1.95. The van der Waals surface area contributed by atoms with Gasteiger partial charge in [-0.2, -0.15) is 0 Å². The zero-order valence-electron chi connectivity index (χ0n) is 5.84. The normalized spacial score (nSPS) is 9.67. The highest BCUT2D eigenvalue weighted by Gasteiger charge is 2.10. The van der Waals surface area contributed by atoms with E-state index in [2.05, 4.69) is 0 Å². The second kappa shape index (κ2) is 2.53. The lowest BCUT2D eigenvalue weighted by molar-refractivity contribution is 0.447. The summed E-state index contributed by atoms with van der Waals surface area (Å²) in [5, 5.41) is 15.8. The first kappa shape index (κ1) is 8.05. The summed E-state index contributed by atoms with van der Waals surface area (Å²) in [5.41, 5.74) is 2.78. The van der Waals surface area contributed by atoms with E-state index < -0.39 is 28.5 Å². The van der Waals surface area contributed by atoms with Crippen molar-refractivity contribution in [3.63, 3.8) is 0 Å². The number of hydrogen-bond donors (Lipinski definition) is 5. The van der Waals surface area contributed by atoms with Crippen molar-refractivity contribution in [1.82, 2.24) is 9.97 Å². The second-order valence-corrected chi connectivity index (χ2v) is 2.05. The van der Waals surface area contributed by atoms with Crippen molar-refractivity contribution in [3.8, 4) is 5.88 Å². The minimum absolute atomic E-state index is 0.436. The molecule has 0 atom stereocenters. The Morgan fingerprint density at radius 2 is 2.00 bits per heavy atom. The van der Waals surface area contributed by atoms with E-state index in [1.165, 1.54) is 0 Å². The van der Waals surface area contributed by atoms with Crippen LogP contribution in [-0.4, -0.2) is 20.9 Å². The summed E-state index contributed by atoms with van der Waals surface area (Å²) in [6, 6.07) is 0. The fourth-order valence-corrected chi connectivity index (χ4v) is 0.724. The lowest BCUT2D eigenvalue weighted by Gasteiger charge is -1.97. The number of rotatable bonds is 1. The van der Waals surface area contributed by atoms with Gasteiger partial charge in [-0.15, -0.1) is 0 Å². The molecule has 0 aliphatic heterocycles. The maximum atomic E-state index is 10.8. The van der Waals surface area contributed by atoms with E-state index in [9.17, 15) is 9.59 Å². The summed E-state index contributed by atoms with van der Waals surface area (Å²) >= 11 is 0. The first-order valence-electron chi connectivity index (χ1n) is 2.92. The number of aromatic amines is 2. The van der Waals surface area contributed by atoms with Gasteiger partial charge in [0.1, 0.15) is 11.4 Å². The molecule has 0 spiro atoms. The molecule has 0 aromatic carbocycles. The largest absolute Gasteiger partial charge is 0.494 e. The highest BCUT2D eigenvalue weighted by atomic mass is 16.3. The Bertz CT molecular complexity index is 429. The van der Waals surface area contributed by atoms with Crippen LogP contribution in [0.1, 0.15) is 5.56 Å². The molecule has 0 radical (unpaired) electrons. The first-order valence-corrected chi connectivity index (χ1v) is 2.92. The Morgan fingerprint density at radius 3 is 2.42 bits per heavy atom. The molecule has 0 aliphatic carbocycles. The van der Waals surface area contributed by atoms with Gasteiger partial charge in [0.2, 0.25) is 5.88 Å². The minimum atomic E-state index is -0.885. The Labute approximate surface area is 65.4 Å². The van der Waals surface area contributed by atoms with Crippen LogP contribution in [0.15, 0.2) is 9.59 Å². The number of aromatic nitrogens is 2. The number of amidine groups is 1. The van der Waals surface area contributed by atoms with E-state index in [1.54, 1.807) is 0 Å². The molecule has 0 saturated heterocycles. The van der Waals surface area contributed by atoms with Crippen molar-refractivity contribution in [3.05, 3.63) is 26.4 Å². The molecule has 1 rings (SSSR count). The van der Waals surface area contributed by atoms with Gasteiger partial charge < -0.3 is 10.8 Å². The maximum absolute atomic E-state index is 10.8. The van der Waals surface area contributed by atoms with Crippen LogP contribution in [0.3, 0.4) is 0 Å². The van der Waals surface area contributed by atoms with Gasteiger partial charge in [-0.25, -0.2) is 4.79 Å². The SMILES string of the molecule is N=C(N)c1c(O)[nH]c(=O)[nH]c1=O. The fourth-order valence-electron chi connectivity index (χ4n) is 0.724. The molecule has 7 heteroatoms. The highest BCUT2D eigenvalue weighted by Crippen LogP contribution is 2.01. The van der Waals surface area contributed by atoms with Gasteiger partial charge in [-0.05, 0) is 0 Å². The standard InChI is InChI=1S/C5H6N4O3/c6-2(7)1-3(10)8-5(12)9-4(1)11/h(H3,6,7)(H3,8,9,10,11,12). The van der Waals surface area contributed by atoms with Crippen LogP contribution in [0, 0.1) is 5.41 Å². The number of H-pyrrole nitrogens is 2. The zero-order chi connectivity index (χ0) is 9.30. The van der Waals surface area contributed by atoms with Crippen LogP contribution < -0.4 is 17.0 Å². The van der Waals surface area contributed by atoms with Gasteiger partial charge in [0.05, 0.1) is 0 Å². The summed E-state index contributed by atoms with van der Waals surface area (Å²) in [6.45, 7) is 0. The van der Waals surface area contributed by atoms with E-state index in [-0.39, 0.29) is 0 Å². The summed E-state index contributed by atoms with van der Waals surface area (Å²) in [4.78, 5) is 25.0. The molecule has 1 aromatic heterocycles. The van der Waals surface area contributed by atoms with E-state index in [4.69, 9.17) is 16.2 Å². The smallest absolute Gasteiger partial charge is 0.328 e. The van der Waals surface area contributed by atoms with Crippen molar-refractivity contribution in [2.75, 3.05) is 0 Å². The van der Waals surface area contributed by atoms with E-state index in [0.29, 0.717) is 0 Å². The number of hydrogen-bond acceptors (Lipinski definition) is 4. The molecule has 0 bridgehead atoms. The monoisotopic (exact) mass is 170 g/mol. The van der Waals surface area contributed by atoms with Gasteiger partial charge in [0, 0.05) is 0 Å². The van der Waals surface area contributed by atoms with Crippen LogP contribution in [0.2, 0.25) is 0 Å². The Kier molecular flexibility index (Phi) is 1.70. The topological polar surface area (TPSA) is 136 Å². The summed E-state index contributed by atoms with van der Waals surface area (Å²) in [5.74, 6) is -1.30. The molecule has 12 heavy (non-hydrogen) atoms. The molecule has 0 fully saturated rings. The molecule has 6 N–H and O–H groups in total. The molecule has 1 aromatic rings. The quantitative estimate of drug-likeness (QED) is 0.247. The third-order valence-corrected chi connectivity index (χ3v) is 1.19. The maximum Gasteiger partial charge on any atom is 0.328 e. The molecular formula is C5H6N4O3. The zero-order valence-corrected chi connectivity index (χ0v) is 5.84. The first-order chi connectivity index (χ1) is 5.52. The minimum Gasteiger partial charge on any atom is -0.494 e. The van der Waals surface area contributed by atoms with Gasteiger partial charge in [-0.1, -0.05) is 0 Å². The van der Waals surface area contributed by atoms with Crippen molar-refractivity contribution < 1.29 is 5.11 Å². The van der Waals surface area contributed by atoms with Gasteiger partial charge in [0.25, 0.3) is 5.56 Å². The van der Waals surface area contributed by atoms with Crippen LogP contribution in [-0.2, 0) is 0 Å². The van der Waals surface area contributed by atoms with E-state index in [1.807, 2.05) is 9.97 Å². The summed E-state index contributed by atoms with van der Waals surface area (Å²) < 4.78 is 0. The number of aromatic hydroxyl groups is 1. The van der Waals surface area contributed by atoms with Gasteiger partial charge in [-0.3, -0.25) is 20.2 Å². The van der Waals surface area contributed by atoms with Crippen LogP contribution in [0.25, 0.3) is 0 Å². The number of nitrogen functional groups attached to an aromatic ring is 1. The summed E-state index contributed by atoms with van der Waals surface area (Å²) in [7, 11) is 0. The average molecular weight is 170 g/mol. The predicted molar refractivity (Wildman–Crippen MR) is 40.4 cm³/mol. The fraction of sp³-hybridized carbons (Fsp3) is 0. The Hall–Kier alpha value is -2.05. The third kappa shape index (κ3) is 1.19. The number of nitrogens with one attached hydrogen (secondary N) is 3. The lowest BCUT2D eigenvalue weighted by atomic mass is 10.3. The molecule has 0 unspecified atom stereocenters.